The average molecular weight is 772 g/mol. The molecule has 0 fully saturated rings. The summed E-state index contributed by atoms with van der Waals surface area (Å²) in [5, 5.41) is 5.30. The van der Waals surface area contributed by atoms with Crippen LogP contribution >= 0.6 is 0 Å². The van der Waals surface area contributed by atoms with Crippen molar-refractivity contribution in [1.29, 1.82) is 0 Å². The van der Waals surface area contributed by atoms with Crippen LogP contribution in [0.1, 0.15) is 52.7 Å². The van der Waals surface area contributed by atoms with Gasteiger partial charge in [-0.1, -0.05) is 145 Å². The van der Waals surface area contributed by atoms with Gasteiger partial charge in [-0.2, -0.15) is 0 Å². The lowest BCUT2D eigenvalue weighted by molar-refractivity contribution is 0.590. The van der Waals surface area contributed by atoms with Gasteiger partial charge in [-0.05, 0) is 111 Å². The zero-order chi connectivity index (χ0) is 40.7. The molecule has 2 aromatic heterocycles. The Morgan fingerprint density at radius 1 is 0.400 bits per heavy atom. The molecular weight excluding hydrogens is 725 g/mol. The molecule has 0 saturated carbocycles. The highest BCUT2D eigenvalue weighted by molar-refractivity contribution is 7.00. The van der Waals surface area contributed by atoms with Crippen LogP contribution in [0.25, 0.3) is 49.2 Å². The Labute approximate surface area is 352 Å². The molecule has 0 spiro atoms. The third-order valence-corrected chi connectivity index (χ3v) is 13.4. The number of nitrogens with zero attached hydrogens (tertiary/aromatic N) is 3. The van der Waals surface area contributed by atoms with Gasteiger partial charge >= 0.3 is 0 Å². The van der Waals surface area contributed by atoms with Crippen molar-refractivity contribution in [3.05, 3.63) is 181 Å². The summed E-state index contributed by atoms with van der Waals surface area (Å²) in [7, 11) is 0. The summed E-state index contributed by atoms with van der Waals surface area (Å²) in [4.78, 5) is 5.05. The fourth-order valence-electron chi connectivity index (χ4n) is 10.5. The lowest BCUT2D eigenvalue weighted by Crippen LogP contribution is -2.61. The molecule has 8 aromatic carbocycles. The lowest BCUT2D eigenvalue weighted by Gasteiger charge is -2.44. The number of hydrogen-bond acceptors (Lipinski definition) is 2. The SMILES string of the molecule is CC(C)(C)c1ccc2c(c1)c1cc(C(C)(C)C)cc3c4cc5c(cc4n2c13)N(c1ccccc1-c1ccccc1)c1cccc2c1B5c1ccccc1N2c1ccccc1. The highest BCUT2D eigenvalue weighted by atomic mass is 15.2. The maximum atomic E-state index is 2.58. The maximum absolute atomic E-state index is 2.58. The molecule has 10 aromatic rings. The quantitative estimate of drug-likeness (QED) is 0.166. The van der Waals surface area contributed by atoms with Crippen molar-refractivity contribution < 1.29 is 0 Å². The van der Waals surface area contributed by atoms with Crippen LogP contribution < -0.4 is 26.2 Å². The smallest absolute Gasteiger partial charge is 0.252 e. The number of fused-ring (bicyclic) bond motifs is 10. The van der Waals surface area contributed by atoms with Crippen LogP contribution in [0.2, 0.25) is 0 Å². The van der Waals surface area contributed by atoms with E-state index in [9.17, 15) is 0 Å². The largest absolute Gasteiger partial charge is 0.311 e. The van der Waals surface area contributed by atoms with Crippen molar-refractivity contribution in [2.75, 3.05) is 9.80 Å². The van der Waals surface area contributed by atoms with Crippen molar-refractivity contribution >= 4 is 95.3 Å². The lowest BCUT2D eigenvalue weighted by atomic mass is 9.33. The second kappa shape index (κ2) is 12.4. The maximum Gasteiger partial charge on any atom is 0.252 e. The molecule has 2 aliphatic heterocycles. The second-order valence-corrected chi connectivity index (χ2v) is 19.0. The number of benzene rings is 8. The summed E-state index contributed by atoms with van der Waals surface area (Å²) in [5.41, 5.74) is 20.2. The summed E-state index contributed by atoms with van der Waals surface area (Å²) in [6, 6.07) is 64.0. The van der Waals surface area contributed by atoms with E-state index < -0.39 is 0 Å². The van der Waals surface area contributed by atoms with E-state index >= 15 is 0 Å². The van der Waals surface area contributed by atoms with Gasteiger partial charge in [-0.25, -0.2) is 0 Å². The molecule has 4 heterocycles. The predicted molar refractivity (Wildman–Crippen MR) is 258 cm³/mol. The first-order chi connectivity index (χ1) is 29.1. The van der Waals surface area contributed by atoms with Gasteiger partial charge < -0.3 is 14.2 Å². The monoisotopic (exact) mass is 771 g/mol. The fourth-order valence-corrected chi connectivity index (χ4v) is 10.5. The van der Waals surface area contributed by atoms with Crippen molar-refractivity contribution in [1.82, 2.24) is 4.40 Å². The highest BCUT2D eigenvalue weighted by Crippen LogP contribution is 2.49. The molecule has 0 aliphatic carbocycles. The molecule has 0 amide bonds. The third-order valence-electron chi connectivity index (χ3n) is 13.4. The predicted octanol–water partition coefficient (Wildman–Crippen LogP) is 13.2. The normalized spacial score (nSPS) is 13.7. The topological polar surface area (TPSA) is 10.9 Å². The molecule has 0 bridgehead atoms. The number of para-hydroxylation sites is 3. The van der Waals surface area contributed by atoms with Gasteiger partial charge in [0.15, 0.2) is 0 Å². The first kappa shape index (κ1) is 35.2. The summed E-state index contributed by atoms with van der Waals surface area (Å²) in [6.45, 7) is 14.0. The number of hydrogen-bond donors (Lipinski definition) is 0. The van der Waals surface area contributed by atoms with Crippen LogP contribution in [-0.4, -0.2) is 11.1 Å². The zero-order valence-electron chi connectivity index (χ0n) is 35.1. The van der Waals surface area contributed by atoms with E-state index in [1.807, 2.05) is 0 Å². The first-order valence-corrected chi connectivity index (χ1v) is 21.4. The average Bonchev–Trinajstić information content (AvgIpc) is 3.76. The van der Waals surface area contributed by atoms with Gasteiger partial charge in [0.05, 0.1) is 22.2 Å². The molecule has 288 valence electrons. The van der Waals surface area contributed by atoms with Gasteiger partial charge in [0, 0.05) is 55.5 Å². The molecule has 0 radical (unpaired) electrons. The van der Waals surface area contributed by atoms with Crippen molar-refractivity contribution in [2.45, 2.75) is 52.4 Å². The minimum atomic E-state index is -0.0211. The molecule has 0 unspecified atom stereocenters. The summed E-state index contributed by atoms with van der Waals surface area (Å²) < 4.78 is 2.58. The molecule has 3 nitrogen and oxygen atoms in total. The van der Waals surface area contributed by atoms with Crippen LogP contribution in [0.15, 0.2) is 170 Å². The summed E-state index contributed by atoms with van der Waals surface area (Å²) in [6.07, 6.45) is 0. The van der Waals surface area contributed by atoms with Gasteiger partial charge in [0.25, 0.3) is 6.71 Å². The molecule has 0 atom stereocenters. The van der Waals surface area contributed by atoms with Crippen LogP contribution in [0.5, 0.6) is 0 Å². The Kier molecular flexibility index (Phi) is 7.26. The van der Waals surface area contributed by atoms with Crippen LogP contribution in [0, 0.1) is 0 Å². The number of rotatable bonds is 3. The van der Waals surface area contributed by atoms with Crippen LogP contribution in [0.3, 0.4) is 0 Å². The Bertz CT molecular complexity index is 3350. The summed E-state index contributed by atoms with van der Waals surface area (Å²) >= 11 is 0. The summed E-state index contributed by atoms with van der Waals surface area (Å²) in [5.74, 6) is 0. The Morgan fingerprint density at radius 3 is 1.70 bits per heavy atom. The molecule has 4 heteroatoms. The van der Waals surface area contributed by atoms with Gasteiger partial charge in [0.1, 0.15) is 0 Å². The van der Waals surface area contributed by atoms with E-state index in [0.29, 0.717) is 0 Å². The number of aromatic nitrogens is 1. The van der Waals surface area contributed by atoms with Crippen molar-refractivity contribution in [3.8, 4) is 11.1 Å². The molecular formula is C56H46BN3. The standard InChI is InChI=1S/C56H46BN3/c1-55(2,3)36-28-29-47-40(30-36)42-31-37(56(4,5)6)32-43-41-33-45-52(34-51(41)60(47)54(42)43)59(46-24-15-13-22-39(46)35-18-9-7-10-19-35)50-27-17-26-49-53(50)57(45)44-23-14-16-25-48(44)58(49)38-20-11-8-12-21-38/h7-34H,1-6H3. The van der Waals surface area contributed by atoms with Crippen LogP contribution in [0.4, 0.5) is 34.1 Å². The Balaban J connectivity index is 1.24. The van der Waals surface area contributed by atoms with E-state index in [1.54, 1.807) is 0 Å². The highest BCUT2D eigenvalue weighted by Gasteiger charge is 2.44. The van der Waals surface area contributed by atoms with E-state index in [-0.39, 0.29) is 17.5 Å². The molecule has 0 N–H and O–H groups in total. The third kappa shape index (κ3) is 4.91. The molecule has 60 heavy (non-hydrogen) atoms. The molecule has 2 aliphatic rings. The molecule has 12 rings (SSSR count). The van der Waals surface area contributed by atoms with Crippen LogP contribution in [-0.2, 0) is 10.8 Å². The van der Waals surface area contributed by atoms with Crippen molar-refractivity contribution in [3.63, 3.8) is 0 Å². The van der Waals surface area contributed by atoms with E-state index in [4.69, 9.17) is 0 Å². The van der Waals surface area contributed by atoms with E-state index in [2.05, 4.69) is 226 Å². The van der Waals surface area contributed by atoms with Gasteiger partial charge in [-0.15, -0.1) is 0 Å². The second-order valence-electron chi connectivity index (χ2n) is 19.0. The fraction of sp³-hybridized carbons (Fsp3) is 0.143. The van der Waals surface area contributed by atoms with Gasteiger partial charge in [0.2, 0.25) is 0 Å². The zero-order valence-corrected chi connectivity index (χ0v) is 35.1. The minimum Gasteiger partial charge on any atom is -0.311 e. The minimum absolute atomic E-state index is 0.0211. The van der Waals surface area contributed by atoms with E-state index in [0.717, 1.165) is 5.69 Å². The Hall–Kier alpha value is -6.78. The molecule has 0 saturated heterocycles. The number of anilines is 6. The van der Waals surface area contributed by atoms with E-state index in [1.165, 1.54) is 105 Å². The van der Waals surface area contributed by atoms with Crippen molar-refractivity contribution in [2.24, 2.45) is 0 Å². The van der Waals surface area contributed by atoms with Gasteiger partial charge in [-0.3, -0.25) is 0 Å². The Morgan fingerprint density at radius 2 is 0.983 bits per heavy atom. The first-order valence-electron chi connectivity index (χ1n) is 21.4.